The van der Waals surface area contributed by atoms with Crippen LogP contribution in [0.4, 0.5) is 11.4 Å². The molecule has 0 aliphatic carbocycles. The van der Waals surface area contributed by atoms with Gasteiger partial charge in [0.05, 0.1) is 24.3 Å². The van der Waals surface area contributed by atoms with E-state index in [9.17, 15) is 23.3 Å². The summed E-state index contributed by atoms with van der Waals surface area (Å²) in [5.41, 5.74) is 2.68. The largest absolute Gasteiger partial charge is 0.495 e. The minimum Gasteiger partial charge on any atom is -0.495 e. The van der Waals surface area contributed by atoms with E-state index in [0.29, 0.717) is 0 Å². The summed E-state index contributed by atoms with van der Waals surface area (Å²) in [6.07, 6.45) is 0.922. The Morgan fingerprint density at radius 1 is 1.20 bits per heavy atom. The van der Waals surface area contributed by atoms with Crippen LogP contribution in [0, 0.1) is 24.0 Å². The second-order valence-electron chi connectivity index (χ2n) is 7.02. The highest BCUT2D eigenvalue weighted by molar-refractivity contribution is 7.92. The summed E-state index contributed by atoms with van der Waals surface area (Å²) in [6, 6.07) is 9.00. The summed E-state index contributed by atoms with van der Waals surface area (Å²) >= 11 is 0. The highest BCUT2D eigenvalue weighted by Crippen LogP contribution is 2.33. The van der Waals surface area contributed by atoms with Gasteiger partial charge in [-0.2, -0.15) is 0 Å². The molecule has 2 aromatic rings. The van der Waals surface area contributed by atoms with E-state index in [1.165, 1.54) is 19.2 Å². The van der Waals surface area contributed by atoms with Gasteiger partial charge in [-0.25, -0.2) is 8.42 Å². The van der Waals surface area contributed by atoms with Gasteiger partial charge in [-0.3, -0.25) is 19.2 Å². The monoisotopic (exact) mass is 435 g/mol. The van der Waals surface area contributed by atoms with Crippen molar-refractivity contribution in [3.05, 3.63) is 63.2 Å². The average Bonchev–Trinajstić information content (AvgIpc) is 2.66. The molecule has 0 saturated heterocycles. The maximum Gasteiger partial charge on any atom is 0.271 e. The number of non-ortho nitro benzene ring substituents is 1. The quantitative estimate of drug-likeness (QED) is 0.503. The smallest absolute Gasteiger partial charge is 0.271 e. The number of anilines is 1. The number of ether oxygens (including phenoxy) is 1. The lowest BCUT2D eigenvalue weighted by Gasteiger charge is -2.24. The van der Waals surface area contributed by atoms with Crippen molar-refractivity contribution < 1.29 is 22.9 Å². The van der Waals surface area contributed by atoms with Crippen molar-refractivity contribution >= 4 is 27.3 Å². The molecule has 2 rings (SSSR count). The van der Waals surface area contributed by atoms with Crippen molar-refractivity contribution in [3.8, 4) is 5.75 Å². The van der Waals surface area contributed by atoms with Crippen molar-refractivity contribution in [2.45, 2.75) is 26.8 Å². The Morgan fingerprint density at radius 3 is 2.40 bits per heavy atom. The zero-order chi connectivity index (χ0) is 22.6. The molecule has 2 aromatic carbocycles. The number of sulfonamides is 1. The average molecular weight is 436 g/mol. The molecule has 0 saturated carbocycles. The van der Waals surface area contributed by atoms with Gasteiger partial charge in [-0.05, 0) is 43.5 Å². The Labute approximate surface area is 175 Å². The Balaban J connectivity index is 2.31. The van der Waals surface area contributed by atoms with Gasteiger partial charge in [0.1, 0.15) is 18.0 Å². The van der Waals surface area contributed by atoms with Gasteiger partial charge in [0.2, 0.25) is 15.9 Å². The van der Waals surface area contributed by atoms with Gasteiger partial charge < -0.3 is 10.1 Å². The molecule has 0 aliphatic heterocycles. The van der Waals surface area contributed by atoms with E-state index in [1.807, 2.05) is 32.0 Å². The molecular formula is C20H25N3O6S. The Kier molecular flexibility index (Phi) is 7.04. The second kappa shape index (κ2) is 9.12. The SMILES string of the molecule is COc1ccc([N+](=O)[O-])cc1N(CC(=O)N[C@@H](C)c1ccc(C)c(C)c1)S(C)(=O)=O. The number of benzene rings is 2. The third-order valence-electron chi connectivity index (χ3n) is 4.74. The van der Waals surface area contributed by atoms with Crippen LogP contribution in [0.15, 0.2) is 36.4 Å². The van der Waals surface area contributed by atoms with Gasteiger partial charge in [0.25, 0.3) is 5.69 Å². The predicted octanol–water partition coefficient (Wildman–Crippen LogP) is 2.86. The van der Waals surface area contributed by atoms with Crippen LogP contribution in [0.25, 0.3) is 0 Å². The minimum absolute atomic E-state index is 0.0804. The third-order valence-corrected chi connectivity index (χ3v) is 5.86. The molecule has 1 amide bonds. The van der Waals surface area contributed by atoms with Crippen LogP contribution in [-0.2, 0) is 14.8 Å². The molecule has 9 nitrogen and oxygen atoms in total. The molecule has 0 heterocycles. The molecule has 162 valence electrons. The predicted molar refractivity (Wildman–Crippen MR) is 114 cm³/mol. The molecule has 10 heteroatoms. The number of hydrogen-bond acceptors (Lipinski definition) is 6. The molecule has 0 bridgehead atoms. The van der Waals surface area contributed by atoms with Crippen LogP contribution in [-0.4, -0.2) is 39.2 Å². The highest BCUT2D eigenvalue weighted by atomic mass is 32.2. The van der Waals surface area contributed by atoms with Crippen LogP contribution in [0.1, 0.15) is 29.7 Å². The fraction of sp³-hybridized carbons (Fsp3) is 0.350. The lowest BCUT2D eigenvalue weighted by molar-refractivity contribution is -0.384. The standard InChI is InChI=1S/C20H25N3O6S/c1-13-6-7-16(10-14(13)2)15(3)21-20(24)12-22(30(5,27)28)18-11-17(23(25)26)8-9-19(18)29-4/h6-11,15H,12H2,1-5H3,(H,21,24)/t15-/m0/s1. The van der Waals surface area contributed by atoms with Crippen molar-refractivity contribution in [1.82, 2.24) is 5.32 Å². The molecule has 0 fully saturated rings. The molecule has 0 unspecified atom stereocenters. The molecule has 30 heavy (non-hydrogen) atoms. The second-order valence-corrected chi connectivity index (χ2v) is 8.92. The number of nitrogens with one attached hydrogen (secondary N) is 1. The molecule has 1 N–H and O–H groups in total. The van der Waals surface area contributed by atoms with Gasteiger partial charge in [0.15, 0.2) is 0 Å². The van der Waals surface area contributed by atoms with Crippen LogP contribution in [0.5, 0.6) is 5.75 Å². The van der Waals surface area contributed by atoms with Gasteiger partial charge >= 0.3 is 0 Å². The number of nitro groups is 1. The van der Waals surface area contributed by atoms with Crippen molar-refractivity contribution in [1.29, 1.82) is 0 Å². The van der Waals surface area contributed by atoms with Crippen LogP contribution in [0.3, 0.4) is 0 Å². The summed E-state index contributed by atoms with van der Waals surface area (Å²) in [5.74, 6) is -0.458. The topological polar surface area (TPSA) is 119 Å². The van der Waals surface area contributed by atoms with Crippen molar-refractivity contribution in [2.75, 3.05) is 24.2 Å². The number of nitrogens with zero attached hydrogens (tertiary/aromatic N) is 2. The normalized spacial score (nSPS) is 12.2. The number of carbonyl (C=O) groups is 1. The number of nitro benzene ring substituents is 1. The minimum atomic E-state index is -3.93. The van der Waals surface area contributed by atoms with Crippen LogP contribution >= 0.6 is 0 Å². The molecule has 0 spiro atoms. The van der Waals surface area contributed by atoms with E-state index < -0.39 is 27.4 Å². The first-order valence-corrected chi connectivity index (χ1v) is 11.0. The number of amides is 1. The van der Waals surface area contributed by atoms with E-state index in [2.05, 4.69) is 5.32 Å². The summed E-state index contributed by atoms with van der Waals surface area (Å²) in [6.45, 7) is 5.19. The zero-order valence-electron chi connectivity index (χ0n) is 17.5. The number of aryl methyl sites for hydroxylation is 2. The summed E-state index contributed by atoms with van der Waals surface area (Å²) < 4.78 is 30.7. The first kappa shape index (κ1) is 23.1. The number of rotatable bonds is 8. The molecule has 0 aliphatic rings. The number of carbonyl (C=O) groups excluding carboxylic acids is 1. The Morgan fingerprint density at radius 2 is 1.87 bits per heavy atom. The zero-order valence-corrected chi connectivity index (χ0v) is 18.3. The van der Waals surface area contributed by atoms with Crippen molar-refractivity contribution in [2.24, 2.45) is 0 Å². The van der Waals surface area contributed by atoms with Gasteiger partial charge in [-0.15, -0.1) is 0 Å². The fourth-order valence-electron chi connectivity index (χ4n) is 2.90. The van der Waals surface area contributed by atoms with Crippen LogP contribution < -0.4 is 14.4 Å². The van der Waals surface area contributed by atoms with E-state index >= 15 is 0 Å². The van der Waals surface area contributed by atoms with E-state index in [1.54, 1.807) is 6.92 Å². The fourth-order valence-corrected chi connectivity index (χ4v) is 3.75. The Bertz CT molecular complexity index is 1070. The van der Waals surface area contributed by atoms with E-state index in [0.717, 1.165) is 33.3 Å². The summed E-state index contributed by atoms with van der Waals surface area (Å²) in [4.78, 5) is 23.1. The summed E-state index contributed by atoms with van der Waals surface area (Å²) in [5, 5.41) is 13.9. The number of methoxy groups -OCH3 is 1. The highest BCUT2D eigenvalue weighted by Gasteiger charge is 2.26. The van der Waals surface area contributed by atoms with E-state index in [-0.39, 0.29) is 23.2 Å². The third kappa shape index (κ3) is 5.47. The van der Waals surface area contributed by atoms with E-state index in [4.69, 9.17) is 4.74 Å². The first-order chi connectivity index (χ1) is 13.9. The maximum atomic E-state index is 12.6. The van der Waals surface area contributed by atoms with Crippen LogP contribution in [0.2, 0.25) is 0 Å². The maximum absolute atomic E-state index is 12.6. The molecule has 1 atom stereocenters. The van der Waals surface area contributed by atoms with Crippen molar-refractivity contribution in [3.63, 3.8) is 0 Å². The number of hydrogen-bond donors (Lipinski definition) is 1. The first-order valence-electron chi connectivity index (χ1n) is 9.10. The molecular weight excluding hydrogens is 410 g/mol. The summed E-state index contributed by atoms with van der Waals surface area (Å²) in [7, 11) is -2.62. The Hall–Kier alpha value is -3.14. The molecule has 0 radical (unpaired) electrons. The lowest BCUT2D eigenvalue weighted by atomic mass is 10.0. The van der Waals surface area contributed by atoms with Gasteiger partial charge in [-0.1, -0.05) is 18.2 Å². The van der Waals surface area contributed by atoms with Gasteiger partial charge in [0, 0.05) is 12.1 Å². The molecule has 0 aromatic heterocycles. The lowest BCUT2D eigenvalue weighted by Crippen LogP contribution is -2.41.